The first-order chi connectivity index (χ1) is 20.9. The Kier molecular flexibility index (Phi) is 11.2. The topological polar surface area (TPSA) is 131 Å². The fourth-order valence-electron chi connectivity index (χ4n) is 6.35. The van der Waals surface area contributed by atoms with Crippen molar-refractivity contribution in [2.75, 3.05) is 13.2 Å². The minimum absolute atomic E-state index is 0.0393. The summed E-state index contributed by atoms with van der Waals surface area (Å²) in [6, 6.07) is 7.07. The Labute approximate surface area is 270 Å². The van der Waals surface area contributed by atoms with Crippen molar-refractivity contribution in [3.05, 3.63) is 57.6 Å². The SMILES string of the molecule is CCOC1CCC2(CC1)N=C(C1C=C(Cl)C=C(Cl)CC1)C(=O)N2[C@H](CCC(C)(C)C)c1ccc(C(=O)NCC(=N)N=N)cc1. The third kappa shape index (κ3) is 8.23. The summed E-state index contributed by atoms with van der Waals surface area (Å²) in [5, 5.41) is 14.3. The predicted octanol–water partition coefficient (Wildman–Crippen LogP) is 7.91. The Hall–Kier alpha value is -2.88. The van der Waals surface area contributed by atoms with Crippen LogP contribution in [0.5, 0.6) is 0 Å². The van der Waals surface area contributed by atoms with E-state index in [1.165, 1.54) is 0 Å². The van der Waals surface area contributed by atoms with Gasteiger partial charge in [-0.2, -0.15) is 0 Å². The summed E-state index contributed by atoms with van der Waals surface area (Å²) >= 11 is 12.9. The van der Waals surface area contributed by atoms with Gasteiger partial charge in [-0.1, -0.05) is 62.2 Å². The van der Waals surface area contributed by atoms with Gasteiger partial charge in [-0.25, -0.2) is 5.53 Å². The normalized spacial score (nSPS) is 24.7. The highest BCUT2D eigenvalue weighted by molar-refractivity contribution is 6.42. The summed E-state index contributed by atoms with van der Waals surface area (Å²) in [5.74, 6) is -0.888. The van der Waals surface area contributed by atoms with Crippen LogP contribution in [0.1, 0.15) is 101 Å². The fraction of sp³-hybridized carbons (Fsp3) is 0.576. The fourth-order valence-corrected chi connectivity index (χ4v) is 6.92. The Balaban J connectivity index is 1.71. The van der Waals surface area contributed by atoms with Crippen LogP contribution in [0.2, 0.25) is 0 Å². The minimum Gasteiger partial charge on any atom is -0.379 e. The van der Waals surface area contributed by atoms with Gasteiger partial charge in [-0.05, 0) is 87.5 Å². The molecule has 1 spiro atoms. The van der Waals surface area contributed by atoms with Gasteiger partial charge in [0, 0.05) is 28.2 Å². The van der Waals surface area contributed by atoms with Gasteiger partial charge in [0.2, 0.25) is 0 Å². The molecule has 2 aliphatic carbocycles. The van der Waals surface area contributed by atoms with Crippen LogP contribution < -0.4 is 5.32 Å². The summed E-state index contributed by atoms with van der Waals surface area (Å²) < 4.78 is 5.98. The Bertz CT molecular complexity index is 1340. The van der Waals surface area contributed by atoms with E-state index in [4.69, 9.17) is 43.9 Å². The molecule has 0 saturated heterocycles. The van der Waals surface area contributed by atoms with Crippen molar-refractivity contribution in [3.8, 4) is 0 Å². The number of nitrogens with zero attached hydrogens (tertiary/aromatic N) is 3. The molecule has 1 fully saturated rings. The van der Waals surface area contributed by atoms with Crippen LogP contribution in [0.25, 0.3) is 0 Å². The molecule has 1 heterocycles. The number of carbonyl (C=O) groups excluding carboxylic acids is 2. The summed E-state index contributed by atoms with van der Waals surface area (Å²) in [6.07, 6.45) is 9.72. The van der Waals surface area contributed by atoms with E-state index >= 15 is 0 Å². The van der Waals surface area contributed by atoms with Gasteiger partial charge in [0.05, 0.1) is 18.7 Å². The third-order valence-corrected chi connectivity index (χ3v) is 9.17. The second-order valence-corrected chi connectivity index (χ2v) is 14.0. The van der Waals surface area contributed by atoms with Crippen molar-refractivity contribution in [2.45, 2.75) is 96.9 Å². The highest BCUT2D eigenvalue weighted by Crippen LogP contribution is 2.47. The number of ether oxygens (including phenoxy) is 1. The number of halogens is 2. The quantitative estimate of drug-likeness (QED) is 0.136. The maximum absolute atomic E-state index is 14.6. The number of benzene rings is 1. The molecule has 9 nitrogen and oxygen atoms in total. The van der Waals surface area contributed by atoms with E-state index in [9.17, 15) is 9.59 Å². The lowest BCUT2D eigenvalue weighted by atomic mass is 9.82. The van der Waals surface area contributed by atoms with Crippen molar-refractivity contribution in [1.82, 2.24) is 10.2 Å². The number of nitrogens with one attached hydrogen (secondary N) is 3. The van der Waals surface area contributed by atoms with Crippen LogP contribution in [0, 0.1) is 22.3 Å². The zero-order valence-electron chi connectivity index (χ0n) is 26.1. The van der Waals surface area contributed by atoms with E-state index in [2.05, 4.69) is 31.2 Å². The molecular formula is C33H44Cl2N6O3. The highest BCUT2D eigenvalue weighted by atomic mass is 35.5. The van der Waals surface area contributed by atoms with E-state index in [1.807, 2.05) is 30.0 Å². The summed E-state index contributed by atoms with van der Waals surface area (Å²) in [5.41, 5.74) is 8.18. The standard InChI is InChI=1S/C33H44Cl2N6O3/c1-5-44-26-12-16-33(17-13-26)39-29(23-10-11-24(34)19-25(35)18-23)31(43)41(33)27(14-15-32(2,3)4)21-6-8-22(9-7-21)30(42)38-20-28(36)40-37/h6-9,18-19,23,26-27,36-37H,5,10-17,20H2,1-4H3,(H,38,42)/t23?,26?,27-,33?/m1/s1. The van der Waals surface area contributed by atoms with Gasteiger partial charge in [0.1, 0.15) is 11.4 Å². The molecule has 0 bridgehead atoms. The van der Waals surface area contributed by atoms with Gasteiger partial charge < -0.3 is 15.0 Å². The van der Waals surface area contributed by atoms with Crippen molar-refractivity contribution < 1.29 is 14.3 Å². The number of amides is 2. The molecule has 238 valence electrons. The first-order valence-corrected chi connectivity index (χ1v) is 16.2. The van der Waals surface area contributed by atoms with Gasteiger partial charge in [-0.3, -0.25) is 20.0 Å². The maximum Gasteiger partial charge on any atom is 0.270 e. The van der Waals surface area contributed by atoms with Crippen LogP contribution in [0.4, 0.5) is 0 Å². The van der Waals surface area contributed by atoms with Crippen LogP contribution in [0.15, 0.2) is 56.6 Å². The maximum atomic E-state index is 14.6. The Morgan fingerprint density at radius 1 is 1.20 bits per heavy atom. The minimum atomic E-state index is -0.692. The first-order valence-electron chi connectivity index (χ1n) is 15.5. The molecule has 1 aromatic rings. The number of rotatable bonds is 10. The third-order valence-electron chi connectivity index (χ3n) is 8.64. The van der Waals surface area contributed by atoms with E-state index in [1.54, 1.807) is 18.2 Å². The molecule has 44 heavy (non-hydrogen) atoms. The first kappa shape index (κ1) is 34.0. The zero-order chi connectivity index (χ0) is 32.1. The molecule has 2 amide bonds. The van der Waals surface area contributed by atoms with Gasteiger partial charge in [0.15, 0.2) is 5.84 Å². The number of amidine groups is 1. The van der Waals surface area contributed by atoms with Gasteiger partial charge in [-0.15, -0.1) is 5.11 Å². The number of aliphatic imine (C=N–C) groups is 1. The lowest BCUT2D eigenvalue weighted by Crippen LogP contribution is -2.51. The highest BCUT2D eigenvalue weighted by Gasteiger charge is 2.52. The predicted molar refractivity (Wildman–Crippen MR) is 175 cm³/mol. The van der Waals surface area contributed by atoms with E-state index < -0.39 is 5.66 Å². The second-order valence-electron chi connectivity index (χ2n) is 13.1. The van der Waals surface area contributed by atoms with Crippen LogP contribution in [-0.4, -0.2) is 53.2 Å². The molecule has 0 radical (unpaired) electrons. The van der Waals surface area contributed by atoms with Crippen molar-refractivity contribution >= 4 is 46.6 Å². The monoisotopic (exact) mass is 642 g/mol. The smallest absolute Gasteiger partial charge is 0.270 e. The van der Waals surface area contributed by atoms with Crippen molar-refractivity contribution in [2.24, 2.45) is 21.4 Å². The molecule has 1 aliphatic heterocycles. The summed E-state index contributed by atoms with van der Waals surface area (Å²) in [7, 11) is 0. The molecule has 0 aromatic heterocycles. The van der Waals surface area contributed by atoms with E-state index in [0.29, 0.717) is 53.6 Å². The van der Waals surface area contributed by atoms with Gasteiger partial charge >= 0.3 is 0 Å². The molecule has 1 aromatic carbocycles. The molecule has 11 heteroatoms. The Morgan fingerprint density at radius 2 is 1.89 bits per heavy atom. The van der Waals surface area contributed by atoms with E-state index in [-0.39, 0.29) is 47.7 Å². The lowest BCUT2D eigenvalue weighted by molar-refractivity contribution is -0.135. The molecule has 1 saturated carbocycles. The van der Waals surface area contributed by atoms with E-state index in [0.717, 1.165) is 31.2 Å². The lowest BCUT2D eigenvalue weighted by Gasteiger charge is -2.45. The number of carbonyl (C=O) groups is 2. The number of hydrogen-bond acceptors (Lipinski definition) is 6. The number of allylic oxidation sites excluding steroid dienone is 4. The largest absolute Gasteiger partial charge is 0.379 e. The molecule has 1 unspecified atom stereocenters. The second kappa shape index (κ2) is 14.5. The van der Waals surface area contributed by atoms with Gasteiger partial charge in [0.25, 0.3) is 11.8 Å². The van der Waals surface area contributed by atoms with Crippen molar-refractivity contribution in [1.29, 1.82) is 10.9 Å². The number of hydrogen-bond donors (Lipinski definition) is 3. The van der Waals surface area contributed by atoms with Crippen LogP contribution in [0.3, 0.4) is 0 Å². The molecule has 3 N–H and O–H groups in total. The van der Waals surface area contributed by atoms with Crippen LogP contribution in [-0.2, 0) is 9.53 Å². The molecule has 3 aliphatic rings. The molecule has 2 atom stereocenters. The molecule has 4 rings (SSSR count). The van der Waals surface area contributed by atoms with Crippen LogP contribution >= 0.6 is 23.2 Å². The average molecular weight is 644 g/mol. The average Bonchev–Trinajstić information content (AvgIpc) is 3.13. The Morgan fingerprint density at radius 3 is 2.50 bits per heavy atom. The molecular weight excluding hydrogens is 599 g/mol. The summed E-state index contributed by atoms with van der Waals surface area (Å²) in [4.78, 5) is 34.6. The zero-order valence-corrected chi connectivity index (χ0v) is 27.6. The van der Waals surface area contributed by atoms with Crippen molar-refractivity contribution in [3.63, 3.8) is 0 Å². The summed E-state index contributed by atoms with van der Waals surface area (Å²) in [6.45, 7) is 9.14.